The van der Waals surface area contributed by atoms with Gasteiger partial charge in [0.25, 0.3) is 0 Å². The van der Waals surface area contributed by atoms with Gasteiger partial charge in [-0.15, -0.1) is 0 Å². The summed E-state index contributed by atoms with van der Waals surface area (Å²) < 4.78 is 5.83. The van der Waals surface area contributed by atoms with Gasteiger partial charge in [-0.2, -0.15) is 0 Å². The largest absolute Gasteiger partial charge is 0.490 e. The third kappa shape index (κ3) is 1.94. The monoisotopic (exact) mass is 218 g/mol. The highest BCUT2D eigenvalue weighted by Gasteiger charge is 2.40. The van der Waals surface area contributed by atoms with E-state index < -0.39 is 5.60 Å². The van der Waals surface area contributed by atoms with Crippen LogP contribution >= 0.6 is 0 Å². The Morgan fingerprint density at radius 3 is 3.00 bits per heavy atom. The first-order valence-corrected chi connectivity index (χ1v) is 6.15. The third-order valence-electron chi connectivity index (χ3n) is 3.64. The van der Waals surface area contributed by atoms with Crippen LogP contribution in [0.2, 0.25) is 0 Å². The van der Waals surface area contributed by atoms with Crippen LogP contribution in [0.25, 0.3) is 0 Å². The van der Waals surface area contributed by atoms with Crippen molar-refractivity contribution in [3.8, 4) is 5.75 Å². The molecule has 0 radical (unpaired) electrons. The molecule has 1 heterocycles. The molecule has 2 heteroatoms. The maximum Gasteiger partial charge on any atom is 0.123 e. The minimum atomic E-state index is -0.408. The molecule has 1 aliphatic carbocycles. The van der Waals surface area contributed by atoms with E-state index in [4.69, 9.17) is 4.74 Å². The minimum absolute atomic E-state index is 0.326. The molecule has 1 fully saturated rings. The fourth-order valence-corrected chi connectivity index (χ4v) is 2.36. The van der Waals surface area contributed by atoms with E-state index in [9.17, 15) is 5.11 Å². The Labute approximate surface area is 96.2 Å². The molecule has 1 saturated carbocycles. The van der Waals surface area contributed by atoms with Crippen LogP contribution in [0, 0.1) is 0 Å². The van der Waals surface area contributed by atoms with Crippen molar-refractivity contribution >= 4 is 0 Å². The van der Waals surface area contributed by atoms with Crippen LogP contribution < -0.4 is 4.74 Å². The smallest absolute Gasteiger partial charge is 0.123 e. The van der Waals surface area contributed by atoms with E-state index in [2.05, 4.69) is 25.1 Å². The van der Waals surface area contributed by atoms with Gasteiger partial charge < -0.3 is 9.84 Å². The van der Waals surface area contributed by atoms with Crippen molar-refractivity contribution in [3.63, 3.8) is 0 Å². The van der Waals surface area contributed by atoms with Gasteiger partial charge >= 0.3 is 0 Å². The van der Waals surface area contributed by atoms with Gasteiger partial charge in [0.2, 0.25) is 0 Å². The molecule has 1 atom stereocenters. The molecular weight excluding hydrogens is 200 g/mol. The number of rotatable bonds is 2. The Hall–Kier alpha value is -1.02. The molecule has 2 nitrogen and oxygen atoms in total. The Morgan fingerprint density at radius 2 is 2.25 bits per heavy atom. The first kappa shape index (κ1) is 10.2. The predicted octanol–water partition coefficient (Wildman–Crippen LogP) is 2.47. The first-order chi connectivity index (χ1) is 7.65. The van der Waals surface area contributed by atoms with Crippen LogP contribution in [-0.2, 0) is 12.8 Å². The summed E-state index contributed by atoms with van der Waals surface area (Å²) in [6.45, 7) is 2.12. The number of ether oxygens (including phenoxy) is 1. The molecule has 1 aromatic rings. The summed E-state index contributed by atoms with van der Waals surface area (Å²) in [5.41, 5.74) is 2.10. The first-order valence-electron chi connectivity index (χ1n) is 6.15. The van der Waals surface area contributed by atoms with Crippen molar-refractivity contribution in [1.82, 2.24) is 0 Å². The van der Waals surface area contributed by atoms with Crippen LogP contribution in [0.4, 0.5) is 0 Å². The number of hydrogen-bond donors (Lipinski definition) is 1. The molecule has 0 amide bonds. The quantitative estimate of drug-likeness (QED) is 0.826. The summed E-state index contributed by atoms with van der Waals surface area (Å²) in [6, 6.07) is 6.40. The van der Waals surface area contributed by atoms with E-state index in [-0.39, 0.29) is 0 Å². The summed E-state index contributed by atoms with van der Waals surface area (Å²) in [7, 11) is 0. The Kier molecular flexibility index (Phi) is 2.21. The van der Waals surface area contributed by atoms with E-state index in [1.54, 1.807) is 0 Å². The second-order valence-corrected chi connectivity index (χ2v) is 5.31. The van der Waals surface area contributed by atoms with E-state index in [1.165, 1.54) is 11.1 Å². The number of aryl methyl sites for hydroxylation is 1. The van der Waals surface area contributed by atoms with Crippen molar-refractivity contribution in [2.24, 2.45) is 0 Å². The normalized spacial score (nSPS) is 25.8. The highest BCUT2D eigenvalue weighted by molar-refractivity contribution is 5.40. The SMILES string of the molecule is CC1CCc2ccc(CC3(O)CC3)cc2O1. The molecule has 3 rings (SSSR count). The Balaban J connectivity index is 1.83. The molecule has 1 N–H and O–H groups in total. The minimum Gasteiger partial charge on any atom is -0.490 e. The molecular formula is C14H18O2. The zero-order chi connectivity index (χ0) is 11.2. The maximum absolute atomic E-state index is 9.90. The second-order valence-electron chi connectivity index (χ2n) is 5.31. The lowest BCUT2D eigenvalue weighted by Crippen LogP contribution is -2.19. The molecule has 0 aromatic heterocycles. The van der Waals surface area contributed by atoms with Crippen LogP contribution in [0.15, 0.2) is 18.2 Å². The molecule has 0 spiro atoms. The summed E-state index contributed by atoms with van der Waals surface area (Å²) in [5, 5.41) is 9.90. The molecule has 2 aliphatic rings. The van der Waals surface area contributed by atoms with Crippen molar-refractivity contribution in [2.75, 3.05) is 0 Å². The molecule has 1 unspecified atom stereocenters. The van der Waals surface area contributed by atoms with E-state index in [0.29, 0.717) is 6.10 Å². The van der Waals surface area contributed by atoms with Gasteiger partial charge in [0.05, 0.1) is 11.7 Å². The number of benzene rings is 1. The van der Waals surface area contributed by atoms with Crippen molar-refractivity contribution in [3.05, 3.63) is 29.3 Å². The van der Waals surface area contributed by atoms with E-state index in [0.717, 1.165) is 37.9 Å². The van der Waals surface area contributed by atoms with Gasteiger partial charge in [-0.05, 0) is 49.8 Å². The van der Waals surface area contributed by atoms with E-state index in [1.807, 2.05) is 0 Å². The lowest BCUT2D eigenvalue weighted by atomic mass is 9.98. The van der Waals surface area contributed by atoms with Gasteiger partial charge in [-0.3, -0.25) is 0 Å². The van der Waals surface area contributed by atoms with Crippen LogP contribution in [-0.4, -0.2) is 16.8 Å². The lowest BCUT2D eigenvalue weighted by molar-refractivity contribution is 0.150. The van der Waals surface area contributed by atoms with Gasteiger partial charge in [0.1, 0.15) is 5.75 Å². The second kappa shape index (κ2) is 3.49. The van der Waals surface area contributed by atoms with Gasteiger partial charge in [0.15, 0.2) is 0 Å². The highest BCUT2D eigenvalue weighted by atomic mass is 16.5. The zero-order valence-corrected chi connectivity index (χ0v) is 9.70. The fraction of sp³-hybridized carbons (Fsp3) is 0.571. The highest BCUT2D eigenvalue weighted by Crippen LogP contribution is 2.39. The van der Waals surface area contributed by atoms with Crippen molar-refractivity contribution in [2.45, 2.75) is 50.7 Å². The fourth-order valence-electron chi connectivity index (χ4n) is 2.36. The molecule has 0 bridgehead atoms. The van der Waals surface area contributed by atoms with Gasteiger partial charge in [-0.1, -0.05) is 12.1 Å². The van der Waals surface area contributed by atoms with Crippen molar-refractivity contribution in [1.29, 1.82) is 0 Å². The molecule has 16 heavy (non-hydrogen) atoms. The molecule has 1 aromatic carbocycles. The van der Waals surface area contributed by atoms with Gasteiger partial charge in [0, 0.05) is 6.42 Å². The number of fused-ring (bicyclic) bond motifs is 1. The number of hydrogen-bond acceptors (Lipinski definition) is 2. The molecule has 1 aliphatic heterocycles. The van der Waals surface area contributed by atoms with E-state index >= 15 is 0 Å². The maximum atomic E-state index is 9.90. The molecule has 0 saturated heterocycles. The lowest BCUT2D eigenvalue weighted by Gasteiger charge is -2.24. The third-order valence-corrected chi connectivity index (χ3v) is 3.64. The summed E-state index contributed by atoms with van der Waals surface area (Å²) in [4.78, 5) is 0. The van der Waals surface area contributed by atoms with Gasteiger partial charge in [-0.25, -0.2) is 0 Å². The Bertz CT molecular complexity index is 407. The topological polar surface area (TPSA) is 29.5 Å². The average Bonchev–Trinajstić information content (AvgIpc) is 2.95. The number of aliphatic hydroxyl groups is 1. The average molecular weight is 218 g/mol. The summed E-state index contributed by atoms with van der Waals surface area (Å²) in [6.07, 6.45) is 5.21. The zero-order valence-electron chi connectivity index (χ0n) is 9.70. The van der Waals surface area contributed by atoms with Crippen LogP contribution in [0.1, 0.15) is 37.3 Å². The molecule has 86 valence electrons. The standard InChI is InChI=1S/C14H18O2/c1-10-2-4-12-5-3-11(8-13(12)16-10)9-14(15)6-7-14/h3,5,8,10,15H,2,4,6-7,9H2,1H3. The Morgan fingerprint density at radius 1 is 1.44 bits per heavy atom. The van der Waals surface area contributed by atoms with Crippen LogP contribution in [0.3, 0.4) is 0 Å². The summed E-state index contributed by atoms with van der Waals surface area (Å²) >= 11 is 0. The summed E-state index contributed by atoms with van der Waals surface area (Å²) in [5.74, 6) is 1.03. The van der Waals surface area contributed by atoms with Crippen molar-refractivity contribution < 1.29 is 9.84 Å². The predicted molar refractivity (Wildman–Crippen MR) is 62.7 cm³/mol. The van der Waals surface area contributed by atoms with Crippen LogP contribution in [0.5, 0.6) is 5.75 Å².